The van der Waals surface area contributed by atoms with Crippen LogP contribution >= 0.6 is 0 Å². The summed E-state index contributed by atoms with van der Waals surface area (Å²) in [6, 6.07) is 17.1. The molecule has 1 aliphatic carbocycles. The number of pyridine rings is 1. The molecule has 0 aliphatic heterocycles. The third kappa shape index (κ3) is 4.28. The molecular formula is C28H29FN4O. The summed E-state index contributed by atoms with van der Waals surface area (Å²) >= 11 is 0. The van der Waals surface area contributed by atoms with Crippen molar-refractivity contribution < 1.29 is 9.18 Å². The van der Waals surface area contributed by atoms with E-state index in [0.29, 0.717) is 12.4 Å². The summed E-state index contributed by atoms with van der Waals surface area (Å²) in [6.45, 7) is 4.44. The van der Waals surface area contributed by atoms with Crippen LogP contribution in [0.4, 0.5) is 10.2 Å². The van der Waals surface area contributed by atoms with Crippen LogP contribution in [0.5, 0.6) is 0 Å². The van der Waals surface area contributed by atoms with Gasteiger partial charge in [-0.3, -0.25) is 4.79 Å². The second-order valence-corrected chi connectivity index (χ2v) is 9.45. The van der Waals surface area contributed by atoms with Gasteiger partial charge in [-0.2, -0.15) is 0 Å². The molecule has 2 heterocycles. The van der Waals surface area contributed by atoms with E-state index in [1.807, 2.05) is 32.0 Å². The van der Waals surface area contributed by atoms with Crippen molar-refractivity contribution in [1.82, 2.24) is 14.9 Å². The third-order valence-electron chi connectivity index (χ3n) is 6.69. The average molecular weight is 457 g/mol. The molecular weight excluding hydrogens is 427 g/mol. The largest absolute Gasteiger partial charge is 0.384 e. The maximum Gasteiger partial charge on any atom is 0.222 e. The van der Waals surface area contributed by atoms with Gasteiger partial charge < -0.3 is 15.6 Å². The predicted octanol–water partition coefficient (Wildman–Crippen LogP) is 5.10. The number of amides is 1. The van der Waals surface area contributed by atoms with E-state index in [9.17, 15) is 9.18 Å². The number of carbonyl (C=O) groups is 1. The molecule has 0 saturated heterocycles. The van der Waals surface area contributed by atoms with Crippen molar-refractivity contribution in [2.75, 3.05) is 5.73 Å². The Morgan fingerprint density at radius 1 is 1.18 bits per heavy atom. The third-order valence-corrected chi connectivity index (χ3v) is 6.69. The Morgan fingerprint density at radius 2 is 2.00 bits per heavy atom. The van der Waals surface area contributed by atoms with Gasteiger partial charge in [0.1, 0.15) is 11.6 Å². The predicted molar refractivity (Wildman–Crippen MR) is 134 cm³/mol. The maximum absolute atomic E-state index is 13.9. The van der Waals surface area contributed by atoms with Crippen molar-refractivity contribution in [3.63, 3.8) is 0 Å². The summed E-state index contributed by atoms with van der Waals surface area (Å²) in [5.74, 6) is 0.315. The van der Waals surface area contributed by atoms with E-state index in [1.165, 1.54) is 22.7 Å². The Labute approximate surface area is 198 Å². The van der Waals surface area contributed by atoms with E-state index in [0.717, 1.165) is 41.5 Å². The molecule has 1 aliphatic rings. The molecule has 4 aromatic rings. The van der Waals surface area contributed by atoms with Crippen molar-refractivity contribution in [2.45, 2.75) is 45.7 Å². The number of nitrogens with two attached hydrogens (primary N) is 1. The molecule has 34 heavy (non-hydrogen) atoms. The molecule has 174 valence electrons. The van der Waals surface area contributed by atoms with Gasteiger partial charge >= 0.3 is 0 Å². The van der Waals surface area contributed by atoms with Crippen molar-refractivity contribution in [2.24, 2.45) is 5.92 Å². The summed E-state index contributed by atoms with van der Waals surface area (Å²) in [5.41, 5.74) is 12.4. The number of carbonyl (C=O) groups excluding carboxylic acids is 1. The highest BCUT2D eigenvalue weighted by Crippen LogP contribution is 2.35. The van der Waals surface area contributed by atoms with Crippen LogP contribution in [0.3, 0.4) is 0 Å². The molecule has 2 aromatic carbocycles. The number of nitrogens with zero attached hydrogens (tertiary/aromatic N) is 2. The van der Waals surface area contributed by atoms with Crippen LogP contribution in [-0.4, -0.2) is 21.5 Å². The Bertz CT molecular complexity index is 1360. The Hall–Kier alpha value is -3.67. The first kappa shape index (κ1) is 22.1. The topological polar surface area (TPSA) is 72.9 Å². The van der Waals surface area contributed by atoms with Gasteiger partial charge in [-0.15, -0.1) is 0 Å². The minimum absolute atomic E-state index is 0.0414. The Morgan fingerprint density at radius 3 is 2.74 bits per heavy atom. The van der Waals surface area contributed by atoms with Gasteiger partial charge in [0, 0.05) is 46.9 Å². The fourth-order valence-corrected chi connectivity index (χ4v) is 4.90. The van der Waals surface area contributed by atoms with Crippen LogP contribution in [0.15, 0.2) is 60.8 Å². The van der Waals surface area contributed by atoms with E-state index in [2.05, 4.69) is 33.1 Å². The lowest BCUT2D eigenvalue weighted by Gasteiger charge is -2.26. The first-order valence-corrected chi connectivity index (χ1v) is 11.8. The molecule has 0 radical (unpaired) electrons. The number of nitrogen functional groups attached to an aromatic ring is 1. The highest BCUT2D eigenvalue weighted by molar-refractivity contribution is 5.90. The fraction of sp³-hybridized carbons (Fsp3) is 0.286. The quantitative estimate of drug-likeness (QED) is 0.439. The number of halogens is 1. The van der Waals surface area contributed by atoms with Crippen LogP contribution in [0, 0.1) is 11.7 Å². The van der Waals surface area contributed by atoms with E-state index in [4.69, 9.17) is 5.73 Å². The molecule has 0 saturated carbocycles. The first-order valence-electron chi connectivity index (χ1n) is 11.8. The van der Waals surface area contributed by atoms with Gasteiger partial charge in [-0.1, -0.05) is 32.0 Å². The number of rotatable bonds is 5. The minimum atomic E-state index is -0.225. The van der Waals surface area contributed by atoms with Crippen LogP contribution in [0.2, 0.25) is 0 Å². The van der Waals surface area contributed by atoms with E-state index < -0.39 is 0 Å². The van der Waals surface area contributed by atoms with E-state index >= 15 is 0 Å². The number of hydrogen-bond acceptors (Lipinski definition) is 3. The zero-order chi connectivity index (χ0) is 23.8. The van der Waals surface area contributed by atoms with E-state index in [1.54, 1.807) is 18.3 Å². The smallest absolute Gasteiger partial charge is 0.222 e. The molecule has 6 heteroatoms. The molecule has 1 unspecified atom stereocenters. The number of nitrogens with one attached hydrogen (secondary N) is 1. The molecule has 5 nitrogen and oxygen atoms in total. The summed E-state index contributed by atoms with van der Waals surface area (Å²) in [5, 5.41) is 4.39. The van der Waals surface area contributed by atoms with E-state index in [-0.39, 0.29) is 23.7 Å². The van der Waals surface area contributed by atoms with Crippen molar-refractivity contribution in [1.29, 1.82) is 0 Å². The summed E-state index contributed by atoms with van der Waals surface area (Å²) in [4.78, 5) is 16.6. The van der Waals surface area contributed by atoms with Gasteiger partial charge in [0.05, 0.1) is 0 Å². The molecule has 1 atom stereocenters. The number of aromatic nitrogens is 2. The second kappa shape index (κ2) is 8.93. The average Bonchev–Trinajstić information content (AvgIpc) is 3.12. The van der Waals surface area contributed by atoms with Crippen molar-refractivity contribution >= 4 is 22.6 Å². The molecule has 3 N–H and O–H groups in total. The number of benzene rings is 2. The van der Waals surface area contributed by atoms with Crippen LogP contribution in [-0.2, 0) is 24.2 Å². The normalized spacial score (nSPS) is 15.5. The molecule has 5 rings (SSSR count). The van der Waals surface area contributed by atoms with Gasteiger partial charge in [0.15, 0.2) is 0 Å². The van der Waals surface area contributed by atoms with Crippen LogP contribution < -0.4 is 11.1 Å². The molecule has 0 fully saturated rings. The minimum Gasteiger partial charge on any atom is -0.384 e. The maximum atomic E-state index is 13.9. The van der Waals surface area contributed by atoms with Crippen LogP contribution in [0.1, 0.15) is 37.1 Å². The second-order valence-electron chi connectivity index (χ2n) is 9.45. The van der Waals surface area contributed by atoms with Crippen LogP contribution in [0.25, 0.3) is 22.0 Å². The van der Waals surface area contributed by atoms with Crippen molar-refractivity contribution in [3.05, 3.63) is 83.4 Å². The molecule has 2 aromatic heterocycles. The SMILES string of the molecule is CC(C)C(=O)NC1CCc2c(c3cc(-c4ccc(N)nc4)ccc3n2Cc2cccc(F)c2)C1. The Balaban J connectivity index is 1.59. The van der Waals surface area contributed by atoms with Gasteiger partial charge in [0.2, 0.25) is 5.91 Å². The summed E-state index contributed by atoms with van der Waals surface area (Å²) in [6.07, 6.45) is 4.32. The molecule has 1 amide bonds. The first-order chi connectivity index (χ1) is 16.4. The highest BCUT2D eigenvalue weighted by atomic mass is 19.1. The molecule has 0 bridgehead atoms. The zero-order valence-electron chi connectivity index (χ0n) is 19.5. The number of hydrogen-bond donors (Lipinski definition) is 2. The van der Waals surface area contributed by atoms with Gasteiger partial charge in [-0.05, 0) is 72.4 Å². The fourth-order valence-electron chi connectivity index (χ4n) is 4.90. The van der Waals surface area contributed by atoms with Gasteiger partial charge in [-0.25, -0.2) is 9.37 Å². The Kier molecular flexibility index (Phi) is 5.82. The standard InChI is InChI=1S/C28H29FN4O/c1-17(2)28(34)32-22-8-10-26-24(14-22)23-13-19(20-7-11-27(30)31-15-20)6-9-25(23)33(26)16-18-4-3-5-21(29)12-18/h3-7,9,11-13,15,17,22H,8,10,14,16H2,1-2H3,(H2,30,31)(H,32,34). The number of anilines is 1. The lowest BCUT2D eigenvalue weighted by atomic mass is 9.90. The van der Waals surface area contributed by atoms with Crippen molar-refractivity contribution in [3.8, 4) is 11.1 Å². The molecule has 0 spiro atoms. The van der Waals surface area contributed by atoms with Gasteiger partial charge in [0.25, 0.3) is 0 Å². The summed E-state index contributed by atoms with van der Waals surface area (Å²) < 4.78 is 16.2. The lowest BCUT2D eigenvalue weighted by molar-refractivity contribution is -0.124. The number of fused-ring (bicyclic) bond motifs is 3. The lowest BCUT2D eigenvalue weighted by Crippen LogP contribution is -2.41. The monoisotopic (exact) mass is 456 g/mol. The zero-order valence-corrected chi connectivity index (χ0v) is 19.5. The highest BCUT2D eigenvalue weighted by Gasteiger charge is 2.27. The summed E-state index contributed by atoms with van der Waals surface area (Å²) in [7, 11) is 0.